The van der Waals surface area contributed by atoms with Crippen molar-refractivity contribution in [1.29, 1.82) is 0 Å². The summed E-state index contributed by atoms with van der Waals surface area (Å²) in [6.45, 7) is 2.48. The van der Waals surface area contributed by atoms with E-state index in [1.54, 1.807) is 47.5 Å². The Morgan fingerprint density at radius 2 is 1.60 bits per heavy atom. The van der Waals surface area contributed by atoms with Crippen molar-refractivity contribution in [3.8, 4) is 0 Å². The van der Waals surface area contributed by atoms with Crippen molar-refractivity contribution in [1.82, 2.24) is 5.43 Å². The van der Waals surface area contributed by atoms with Gasteiger partial charge < -0.3 is 0 Å². The highest BCUT2D eigenvalue weighted by atomic mass is 35.5. The number of amides is 1. The fraction of sp³-hybridized carbons (Fsp3) is 0.286. The third-order valence-corrected chi connectivity index (χ3v) is 9.10. The van der Waals surface area contributed by atoms with E-state index in [1.165, 1.54) is 12.1 Å². The molecule has 1 amide bonds. The zero-order chi connectivity index (χ0) is 28.5. The molecule has 8 nitrogen and oxygen atoms in total. The van der Waals surface area contributed by atoms with Crippen LogP contribution in [-0.2, 0) is 19.2 Å². The van der Waals surface area contributed by atoms with Crippen LogP contribution in [0.4, 0.5) is 5.69 Å². The first-order chi connectivity index (χ1) is 19.1. The molecule has 1 atom stereocenters. The van der Waals surface area contributed by atoms with E-state index < -0.39 is 20.8 Å². The summed E-state index contributed by atoms with van der Waals surface area (Å²) in [5.41, 5.74) is 5.45. The fourth-order valence-corrected chi connectivity index (χ4v) is 6.63. The molecule has 3 aromatic carbocycles. The zero-order valence-corrected chi connectivity index (χ0v) is 24.8. The number of nitrogens with zero attached hydrogens (tertiary/aromatic N) is 3. The highest BCUT2D eigenvalue weighted by Gasteiger charge is 2.43. The van der Waals surface area contributed by atoms with Gasteiger partial charge in [-0.3, -0.25) is 9.80 Å². The molecule has 3 aromatic rings. The Labute approximate surface area is 248 Å². The number of carbonyl (C=O) groups excluding carboxylic acids is 1. The van der Waals surface area contributed by atoms with Gasteiger partial charge in [0.15, 0.2) is 0 Å². The number of piperidine rings is 1. The summed E-state index contributed by atoms with van der Waals surface area (Å²) < 4.78 is 31.7. The number of halogens is 3. The minimum absolute atomic E-state index is 0.0278. The SMILES string of the molecule is Cc1ccc(S(=O)(=O)O[N+]2(NC(=O)C3=NN(c4ccc(Cl)cc4Cl)[C@H](c4ccc(Cl)cc4)C3)CCCCC2)cc1. The number of hydrogen-bond acceptors (Lipinski definition) is 6. The van der Waals surface area contributed by atoms with Gasteiger partial charge in [-0.2, -0.15) is 18.9 Å². The predicted molar refractivity (Wildman–Crippen MR) is 157 cm³/mol. The van der Waals surface area contributed by atoms with Crippen molar-refractivity contribution in [3.05, 3.63) is 92.9 Å². The van der Waals surface area contributed by atoms with Crippen molar-refractivity contribution in [2.75, 3.05) is 18.1 Å². The predicted octanol–water partition coefficient (Wildman–Crippen LogP) is 6.62. The summed E-state index contributed by atoms with van der Waals surface area (Å²) in [5, 5.41) is 7.77. The maximum Gasteiger partial charge on any atom is 0.345 e. The van der Waals surface area contributed by atoms with Crippen LogP contribution in [0.15, 0.2) is 76.7 Å². The topological polar surface area (TPSA) is 88.1 Å². The third-order valence-electron chi connectivity index (χ3n) is 6.98. The number of hydrazone groups is 1. The molecule has 2 aliphatic heterocycles. The van der Waals surface area contributed by atoms with Gasteiger partial charge in [-0.25, -0.2) is 0 Å². The first kappa shape index (κ1) is 28.9. The lowest BCUT2D eigenvalue weighted by molar-refractivity contribution is -1.11. The van der Waals surface area contributed by atoms with Crippen LogP contribution in [0.5, 0.6) is 0 Å². The third kappa shape index (κ3) is 6.30. The number of benzene rings is 3. The van der Waals surface area contributed by atoms with Crippen LogP contribution in [0.3, 0.4) is 0 Å². The molecule has 0 radical (unpaired) electrons. The molecular weight excluding hydrogens is 595 g/mol. The van der Waals surface area contributed by atoms with E-state index in [2.05, 4.69) is 10.5 Å². The van der Waals surface area contributed by atoms with Crippen LogP contribution in [0.25, 0.3) is 0 Å². The Morgan fingerprint density at radius 3 is 2.25 bits per heavy atom. The molecule has 0 spiro atoms. The number of rotatable bonds is 7. The molecule has 0 aliphatic carbocycles. The lowest BCUT2D eigenvalue weighted by Crippen LogP contribution is -2.64. The average molecular weight is 623 g/mol. The Balaban J connectivity index is 1.45. The minimum atomic E-state index is -4.16. The highest BCUT2D eigenvalue weighted by Crippen LogP contribution is 2.40. The molecule has 0 aromatic heterocycles. The number of anilines is 1. The molecule has 5 rings (SSSR count). The van der Waals surface area contributed by atoms with E-state index in [0.29, 0.717) is 46.7 Å². The maximum atomic E-state index is 13.7. The van der Waals surface area contributed by atoms with Crippen LogP contribution in [0.1, 0.15) is 42.9 Å². The van der Waals surface area contributed by atoms with Crippen LogP contribution < -0.4 is 10.4 Å². The Hall–Kier alpha value is -2.66. The number of hydrogen-bond donors (Lipinski definition) is 1. The number of aryl methyl sites for hydroxylation is 1. The number of hydroxylamine groups is 2. The Bertz CT molecular complexity index is 1540. The van der Waals surface area contributed by atoms with Crippen molar-refractivity contribution >= 4 is 62.2 Å². The maximum absolute atomic E-state index is 13.7. The fourth-order valence-electron chi connectivity index (χ4n) is 4.89. The van der Waals surface area contributed by atoms with Gasteiger partial charge in [0, 0.05) is 29.3 Å². The first-order valence-electron chi connectivity index (χ1n) is 12.9. The number of quaternary nitrogens is 1. The standard InChI is InChI=1S/C28H27Cl3N4O4S/c1-19-5-12-23(13-6-19)40(37,38)39-35(15-3-2-4-16-35)33-28(36)25-18-27(20-7-9-21(29)10-8-20)34(32-25)26-14-11-22(30)17-24(26)31/h5-14,17,27H,2-4,15-16,18H2,1H3/p+1/t27-/m0/s1. The van der Waals surface area contributed by atoms with Gasteiger partial charge in [-0.15, -0.1) is 0 Å². The summed E-state index contributed by atoms with van der Waals surface area (Å²) in [7, 11) is -4.16. The molecule has 12 heteroatoms. The van der Waals surface area contributed by atoms with Gasteiger partial charge >= 0.3 is 16.0 Å². The smallest absolute Gasteiger partial charge is 0.263 e. The minimum Gasteiger partial charge on any atom is -0.263 e. The molecule has 0 saturated carbocycles. The Morgan fingerprint density at radius 1 is 0.950 bits per heavy atom. The molecule has 2 heterocycles. The van der Waals surface area contributed by atoms with Crippen molar-refractivity contribution in [3.63, 3.8) is 0 Å². The van der Waals surface area contributed by atoms with Gasteiger partial charge in [0.2, 0.25) is 0 Å². The lowest BCUT2D eigenvalue weighted by Gasteiger charge is -2.35. The second kappa shape index (κ2) is 11.7. The summed E-state index contributed by atoms with van der Waals surface area (Å²) in [5.74, 6) is -0.521. The quantitative estimate of drug-likeness (QED) is 0.300. The van der Waals surface area contributed by atoms with E-state index >= 15 is 0 Å². The average Bonchev–Trinajstić information content (AvgIpc) is 3.35. The summed E-state index contributed by atoms with van der Waals surface area (Å²) in [6, 6.07) is 18.4. The van der Waals surface area contributed by atoms with Crippen molar-refractivity contribution in [2.45, 2.75) is 43.5 Å². The van der Waals surface area contributed by atoms with Crippen LogP contribution >= 0.6 is 34.8 Å². The highest BCUT2D eigenvalue weighted by molar-refractivity contribution is 7.86. The molecular formula is C28H28Cl3N4O4S+. The first-order valence-corrected chi connectivity index (χ1v) is 15.4. The zero-order valence-electron chi connectivity index (χ0n) is 21.7. The van der Waals surface area contributed by atoms with Crippen LogP contribution in [0, 0.1) is 6.92 Å². The van der Waals surface area contributed by atoms with E-state index in [-0.39, 0.29) is 23.1 Å². The molecule has 0 unspecified atom stereocenters. The molecule has 1 fully saturated rings. The second-order valence-electron chi connectivity index (χ2n) is 9.94. The van der Waals surface area contributed by atoms with E-state index in [4.69, 9.17) is 39.1 Å². The molecule has 1 N–H and O–H groups in total. The van der Waals surface area contributed by atoms with Crippen molar-refractivity contribution in [2.24, 2.45) is 5.10 Å². The molecule has 40 heavy (non-hydrogen) atoms. The second-order valence-corrected chi connectivity index (χ2v) is 12.7. The van der Waals surface area contributed by atoms with Gasteiger partial charge in [-0.1, -0.05) is 69.4 Å². The van der Waals surface area contributed by atoms with E-state index in [1.807, 2.05) is 19.1 Å². The molecule has 210 valence electrons. The normalized spacial score (nSPS) is 18.9. The lowest BCUT2D eigenvalue weighted by atomic mass is 10.0. The summed E-state index contributed by atoms with van der Waals surface area (Å²) in [4.78, 5) is 13.7. The van der Waals surface area contributed by atoms with Gasteiger partial charge in [0.1, 0.15) is 18.8 Å². The molecule has 0 bridgehead atoms. The van der Waals surface area contributed by atoms with E-state index in [9.17, 15) is 13.2 Å². The summed E-state index contributed by atoms with van der Waals surface area (Å²) >= 11 is 18.8. The van der Waals surface area contributed by atoms with Gasteiger partial charge in [0.25, 0.3) is 0 Å². The summed E-state index contributed by atoms with van der Waals surface area (Å²) in [6.07, 6.45) is 2.54. The van der Waals surface area contributed by atoms with Crippen LogP contribution in [0.2, 0.25) is 15.1 Å². The molecule has 2 aliphatic rings. The Kier molecular flexibility index (Phi) is 8.42. The number of carbonyl (C=O) groups is 1. The van der Waals surface area contributed by atoms with E-state index in [0.717, 1.165) is 17.5 Å². The van der Waals surface area contributed by atoms with Crippen molar-refractivity contribution < 1.29 is 22.3 Å². The largest absolute Gasteiger partial charge is 0.345 e. The molecule has 1 saturated heterocycles. The van der Waals surface area contributed by atoms with Gasteiger partial charge in [0.05, 0.1) is 21.6 Å². The van der Waals surface area contributed by atoms with Crippen LogP contribution in [-0.4, -0.2) is 37.9 Å². The number of nitrogens with one attached hydrogen (secondary N) is 1. The monoisotopic (exact) mass is 621 g/mol. The van der Waals surface area contributed by atoms with Gasteiger partial charge in [-0.05, 0) is 65.7 Å².